The summed E-state index contributed by atoms with van der Waals surface area (Å²) in [6.45, 7) is 3.02. The molecule has 18 heavy (non-hydrogen) atoms. The minimum absolute atomic E-state index is 0.417. The number of carbonyl (C=O) groups is 2. The molecule has 0 atom stereocenters. The second-order valence-corrected chi connectivity index (χ2v) is 4.30. The van der Waals surface area contributed by atoms with E-state index in [2.05, 4.69) is 10.1 Å². The van der Waals surface area contributed by atoms with E-state index in [0.29, 0.717) is 11.4 Å². The predicted octanol–water partition coefficient (Wildman–Crippen LogP) is 1.83. The fraction of sp³-hybridized carbons (Fsp3) is 0.385. The second-order valence-electron chi connectivity index (χ2n) is 4.30. The van der Waals surface area contributed by atoms with Crippen LogP contribution in [0.1, 0.15) is 13.8 Å². The summed E-state index contributed by atoms with van der Waals surface area (Å²) < 4.78 is 9.60. The number of methoxy groups -OCH3 is 2. The van der Waals surface area contributed by atoms with Crippen molar-refractivity contribution < 1.29 is 19.1 Å². The standard InChI is InChI=1S/C13H17NO4/c1-13(2,12(16)18-4)11(15)14-9-5-7-10(17-3)8-6-9/h5-8H,1-4H3,(H,14,15). The van der Waals surface area contributed by atoms with Crippen LogP contribution in [0.2, 0.25) is 0 Å². The number of anilines is 1. The average Bonchev–Trinajstić information content (AvgIpc) is 2.38. The summed E-state index contributed by atoms with van der Waals surface area (Å²) in [4.78, 5) is 23.4. The molecule has 1 rings (SSSR count). The molecule has 0 heterocycles. The molecule has 0 bridgehead atoms. The molecular weight excluding hydrogens is 234 g/mol. The monoisotopic (exact) mass is 251 g/mol. The number of rotatable bonds is 4. The van der Waals surface area contributed by atoms with E-state index in [1.54, 1.807) is 31.4 Å². The van der Waals surface area contributed by atoms with Crippen LogP contribution in [0.25, 0.3) is 0 Å². The Kier molecular flexibility index (Phi) is 4.31. The quantitative estimate of drug-likeness (QED) is 0.655. The lowest BCUT2D eigenvalue weighted by molar-refractivity contribution is -0.154. The number of hydrogen-bond donors (Lipinski definition) is 1. The molecule has 98 valence electrons. The van der Waals surface area contributed by atoms with Crippen LogP contribution in [0.4, 0.5) is 5.69 Å². The van der Waals surface area contributed by atoms with Crippen LogP contribution in [-0.4, -0.2) is 26.1 Å². The zero-order valence-corrected chi connectivity index (χ0v) is 10.9. The van der Waals surface area contributed by atoms with Crippen molar-refractivity contribution in [2.24, 2.45) is 5.41 Å². The third-order valence-electron chi connectivity index (χ3n) is 2.61. The van der Waals surface area contributed by atoms with Gasteiger partial charge in [-0.15, -0.1) is 0 Å². The van der Waals surface area contributed by atoms with E-state index < -0.39 is 17.3 Å². The molecular formula is C13H17NO4. The van der Waals surface area contributed by atoms with Crippen molar-refractivity contribution in [3.8, 4) is 5.75 Å². The van der Waals surface area contributed by atoms with Crippen molar-refractivity contribution in [2.75, 3.05) is 19.5 Å². The summed E-state index contributed by atoms with van der Waals surface area (Å²) in [5.74, 6) is -0.298. The lowest BCUT2D eigenvalue weighted by atomic mass is 9.92. The highest BCUT2D eigenvalue weighted by atomic mass is 16.5. The number of esters is 1. The molecule has 1 aromatic carbocycles. The molecule has 0 unspecified atom stereocenters. The Bertz CT molecular complexity index is 437. The van der Waals surface area contributed by atoms with Gasteiger partial charge in [0.2, 0.25) is 5.91 Å². The SMILES string of the molecule is COC(=O)C(C)(C)C(=O)Nc1ccc(OC)cc1. The van der Waals surface area contributed by atoms with Crippen LogP contribution in [0.5, 0.6) is 5.75 Å². The Balaban J connectivity index is 2.77. The van der Waals surface area contributed by atoms with Gasteiger partial charge >= 0.3 is 5.97 Å². The van der Waals surface area contributed by atoms with Gasteiger partial charge in [-0.1, -0.05) is 0 Å². The first-order valence-electron chi connectivity index (χ1n) is 5.45. The summed E-state index contributed by atoms with van der Waals surface area (Å²) >= 11 is 0. The van der Waals surface area contributed by atoms with Crippen LogP contribution in [0.3, 0.4) is 0 Å². The number of benzene rings is 1. The Morgan fingerprint density at radius 2 is 1.67 bits per heavy atom. The summed E-state index contributed by atoms with van der Waals surface area (Å²) in [7, 11) is 2.82. The molecule has 0 aliphatic rings. The molecule has 0 radical (unpaired) electrons. The van der Waals surface area contributed by atoms with E-state index in [4.69, 9.17) is 4.74 Å². The predicted molar refractivity (Wildman–Crippen MR) is 67.4 cm³/mol. The minimum atomic E-state index is -1.23. The fourth-order valence-corrected chi connectivity index (χ4v) is 1.31. The van der Waals surface area contributed by atoms with Gasteiger partial charge in [-0.25, -0.2) is 0 Å². The van der Waals surface area contributed by atoms with Crippen molar-refractivity contribution in [3.63, 3.8) is 0 Å². The van der Waals surface area contributed by atoms with Gasteiger partial charge in [0.15, 0.2) is 0 Å². The van der Waals surface area contributed by atoms with Crippen LogP contribution in [0, 0.1) is 5.41 Å². The van der Waals surface area contributed by atoms with Gasteiger partial charge in [0.25, 0.3) is 0 Å². The largest absolute Gasteiger partial charge is 0.497 e. The van der Waals surface area contributed by atoms with Crippen molar-refractivity contribution in [3.05, 3.63) is 24.3 Å². The number of hydrogen-bond acceptors (Lipinski definition) is 4. The van der Waals surface area contributed by atoms with Gasteiger partial charge in [0, 0.05) is 5.69 Å². The summed E-state index contributed by atoms with van der Waals surface area (Å²) in [5, 5.41) is 2.65. The number of ether oxygens (including phenoxy) is 2. The molecule has 0 saturated heterocycles. The minimum Gasteiger partial charge on any atom is -0.497 e. The van der Waals surface area contributed by atoms with E-state index >= 15 is 0 Å². The summed E-state index contributed by atoms with van der Waals surface area (Å²) in [6, 6.07) is 6.84. The summed E-state index contributed by atoms with van der Waals surface area (Å²) in [5.41, 5.74) is -0.632. The molecule has 0 aliphatic heterocycles. The lowest BCUT2D eigenvalue weighted by Gasteiger charge is -2.20. The van der Waals surface area contributed by atoms with Crippen molar-refractivity contribution in [1.82, 2.24) is 0 Å². The third-order valence-corrected chi connectivity index (χ3v) is 2.61. The lowest BCUT2D eigenvalue weighted by Crippen LogP contribution is -2.38. The Morgan fingerprint density at radius 3 is 2.11 bits per heavy atom. The zero-order valence-electron chi connectivity index (χ0n) is 10.9. The molecule has 0 aromatic heterocycles. The van der Waals surface area contributed by atoms with Crippen molar-refractivity contribution >= 4 is 17.6 Å². The number of amides is 1. The Morgan fingerprint density at radius 1 is 1.11 bits per heavy atom. The van der Waals surface area contributed by atoms with Gasteiger partial charge < -0.3 is 14.8 Å². The van der Waals surface area contributed by atoms with E-state index in [9.17, 15) is 9.59 Å². The van der Waals surface area contributed by atoms with E-state index in [1.807, 2.05) is 0 Å². The molecule has 5 heteroatoms. The van der Waals surface area contributed by atoms with Crippen LogP contribution in [-0.2, 0) is 14.3 Å². The van der Waals surface area contributed by atoms with Crippen molar-refractivity contribution in [1.29, 1.82) is 0 Å². The molecule has 0 saturated carbocycles. The van der Waals surface area contributed by atoms with Crippen LogP contribution in [0.15, 0.2) is 24.3 Å². The third kappa shape index (κ3) is 3.00. The van der Waals surface area contributed by atoms with Crippen molar-refractivity contribution in [2.45, 2.75) is 13.8 Å². The number of nitrogens with one attached hydrogen (secondary N) is 1. The summed E-state index contributed by atoms with van der Waals surface area (Å²) in [6.07, 6.45) is 0. The maximum atomic E-state index is 11.9. The van der Waals surface area contributed by atoms with Gasteiger partial charge in [-0.2, -0.15) is 0 Å². The van der Waals surface area contributed by atoms with E-state index in [0.717, 1.165) is 0 Å². The van der Waals surface area contributed by atoms with Crippen LogP contribution >= 0.6 is 0 Å². The number of carbonyl (C=O) groups excluding carboxylic acids is 2. The first-order chi connectivity index (χ1) is 8.41. The molecule has 0 spiro atoms. The fourth-order valence-electron chi connectivity index (χ4n) is 1.31. The average molecular weight is 251 g/mol. The normalized spacial score (nSPS) is 10.7. The Labute approximate surface area is 106 Å². The van der Waals surface area contributed by atoms with Gasteiger partial charge in [0.05, 0.1) is 14.2 Å². The second kappa shape index (κ2) is 5.53. The Hall–Kier alpha value is -2.04. The highest BCUT2D eigenvalue weighted by Crippen LogP contribution is 2.21. The topological polar surface area (TPSA) is 64.6 Å². The molecule has 1 aromatic rings. The first-order valence-corrected chi connectivity index (χ1v) is 5.45. The van der Waals surface area contributed by atoms with E-state index in [1.165, 1.54) is 21.0 Å². The van der Waals surface area contributed by atoms with E-state index in [-0.39, 0.29) is 0 Å². The highest BCUT2D eigenvalue weighted by Gasteiger charge is 2.37. The molecule has 0 fully saturated rings. The molecule has 1 amide bonds. The molecule has 0 aliphatic carbocycles. The maximum absolute atomic E-state index is 11.9. The van der Waals surface area contributed by atoms with Crippen LogP contribution < -0.4 is 10.1 Å². The van der Waals surface area contributed by atoms with Gasteiger partial charge in [-0.3, -0.25) is 9.59 Å². The molecule has 5 nitrogen and oxygen atoms in total. The maximum Gasteiger partial charge on any atom is 0.320 e. The van der Waals surface area contributed by atoms with Gasteiger partial charge in [-0.05, 0) is 38.1 Å². The van der Waals surface area contributed by atoms with Gasteiger partial charge in [0.1, 0.15) is 11.2 Å². The smallest absolute Gasteiger partial charge is 0.320 e. The molecule has 1 N–H and O–H groups in total. The first kappa shape index (κ1) is 14.0. The zero-order chi connectivity index (χ0) is 13.8. The highest BCUT2D eigenvalue weighted by molar-refractivity contribution is 6.08.